The smallest absolute Gasteiger partial charge is 0.334 e. The van der Waals surface area contributed by atoms with E-state index in [-0.39, 0.29) is 16.9 Å². The van der Waals surface area contributed by atoms with Crippen molar-refractivity contribution < 1.29 is 34.1 Å². The SMILES string of the molecule is COc1ccccc1C(CC(=O)O)C(NC(=O)c1ccccc1)(C(=O)O)c1ccccc1OC. The average Bonchev–Trinajstić information content (AvgIpc) is 2.86. The molecule has 0 aliphatic rings. The Morgan fingerprint density at radius 3 is 1.97 bits per heavy atom. The van der Waals surface area contributed by atoms with Gasteiger partial charge in [0.15, 0.2) is 5.54 Å². The number of carboxylic acid groups (broad SMARTS) is 2. The highest BCUT2D eigenvalue weighted by atomic mass is 16.5. The summed E-state index contributed by atoms with van der Waals surface area (Å²) in [7, 11) is 2.78. The van der Waals surface area contributed by atoms with E-state index in [4.69, 9.17) is 9.47 Å². The number of carbonyl (C=O) groups is 3. The molecular formula is C26H25NO7. The quantitative estimate of drug-likeness (QED) is 0.419. The molecule has 0 saturated heterocycles. The Hall–Kier alpha value is -4.33. The Kier molecular flexibility index (Phi) is 7.53. The summed E-state index contributed by atoms with van der Waals surface area (Å²) < 4.78 is 10.9. The Morgan fingerprint density at radius 1 is 0.824 bits per heavy atom. The molecule has 0 aliphatic heterocycles. The highest BCUT2D eigenvalue weighted by molar-refractivity contribution is 5.99. The number of ether oxygens (including phenoxy) is 2. The van der Waals surface area contributed by atoms with Crippen molar-refractivity contribution in [2.24, 2.45) is 0 Å². The van der Waals surface area contributed by atoms with Gasteiger partial charge in [-0.25, -0.2) is 4.79 Å². The van der Waals surface area contributed by atoms with Crippen molar-refractivity contribution in [3.05, 3.63) is 95.6 Å². The first-order valence-electron chi connectivity index (χ1n) is 10.4. The predicted molar refractivity (Wildman–Crippen MR) is 124 cm³/mol. The van der Waals surface area contributed by atoms with Crippen LogP contribution in [0.15, 0.2) is 78.9 Å². The zero-order valence-electron chi connectivity index (χ0n) is 18.7. The molecule has 0 fully saturated rings. The van der Waals surface area contributed by atoms with E-state index in [1.807, 2.05) is 0 Å². The van der Waals surface area contributed by atoms with Crippen LogP contribution >= 0.6 is 0 Å². The lowest BCUT2D eigenvalue weighted by Gasteiger charge is -2.39. The van der Waals surface area contributed by atoms with E-state index < -0.39 is 35.7 Å². The second-order valence-corrected chi connectivity index (χ2v) is 7.53. The Balaban J connectivity index is 2.36. The maximum Gasteiger partial charge on any atom is 0.334 e. The van der Waals surface area contributed by atoms with Gasteiger partial charge >= 0.3 is 11.9 Å². The van der Waals surface area contributed by atoms with Crippen LogP contribution in [0, 0.1) is 0 Å². The van der Waals surface area contributed by atoms with Crippen molar-refractivity contribution in [3.8, 4) is 11.5 Å². The molecule has 8 heteroatoms. The van der Waals surface area contributed by atoms with Crippen LogP contribution in [-0.2, 0) is 15.1 Å². The summed E-state index contributed by atoms with van der Waals surface area (Å²) in [6.07, 6.45) is -0.611. The number of hydrogen-bond acceptors (Lipinski definition) is 5. The van der Waals surface area contributed by atoms with Gasteiger partial charge in [-0.1, -0.05) is 54.6 Å². The van der Waals surface area contributed by atoms with Crippen LogP contribution in [0.25, 0.3) is 0 Å². The fourth-order valence-corrected chi connectivity index (χ4v) is 4.10. The molecule has 0 heterocycles. The molecule has 2 unspecified atom stereocenters. The van der Waals surface area contributed by atoms with Gasteiger partial charge in [-0.3, -0.25) is 9.59 Å². The molecule has 8 nitrogen and oxygen atoms in total. The van der Waals surface area contributed by atoms with Gasteiger partial charge in [0.25, 0.3) is 5.91 Å². The summed E-state index contributed by atoms with van der Waals surface area (Å²) in [5, 5.41) is 23.2. The lowest BCUT2D eigenvalue weighted by Crippen LogP contribution is -2.56. The van der Waals surface area contributed by atoms with Crippen molar-refractivity contribution in [1.29, 1.82) is 0 Å². The van der Waals surface area contributed by atoms with Gasteiger partial charge in [-0.05, 0) is 24.3 Å². The molecule has 0 aromatic heterocycles. The van der Waals surface area contributed by atoms with E-state index in [1.165, 1.54) is 20.3 Å². The van der Waals surface area contributed by atoms with Crippen molar-refractivity contribution in [3.63, 3.8) is 0 Å². The summed E-state index contributed by atoms with van der Waals surface area (Å²) in [6, 6.07) is 21.0. The molecule has 0 saturated carbocycles. The lowest BCUT2D eigenvalue weighted by atomic mass is 9.71. The third-order valence-electron chi connectivity index (χ3n) is 5.63. The van der Waals surface area contributed by atoms with Gasteiger partial charge in [0.1, 0.15) is 11.5 Å². The number of aliphatic carboxylic acids is 2. The lowest BCUT2D eigenvalue weighted by molar-refractivity contribution is -0.147. The first-order chi connectivity index (χ1) is 16.3. The molecule has 34 heavy (non-hydrogen) atoms. The molecule has 3 N–H and O–H groups in total. The summed E-state index contributed by atoms with van der Waals surface area (Å²) in [4.78, 5) is 38.5. The van der Waals surface area contributed by atoms with E-state index in [9.17, 15) is 24.6 Å². The standard InChI is InChI=1S/C26H25NO7/c1-33-21-14-8-6-12-18(21)20(16-23(28)29)26(25(31)32,19-13-7-9-15-22(19)34-2)27-24(30)17-10-4-3-5-11-17/h3-15,20H,16H2,1-2H3,(H,27,30)(H,28,29)(H,31,32). The summed E-state index contributed by atoms with van der Waals surface area (Å²) in [5.74, 6) is -4.16. The molecule has 1 amide bonds. The second-order valence-electron chi connectivity index (χ2n) is 7.53. The van der Waals surface area contributed by atoms with Gasteiger partial charge in [-0.15, -0.1) is 0 Å². The molecule has 2 atom stereocenters. The van der Waals surface area contributed by atoms with Crippen molar-refractivity contribution in [2.45, 2.75) is 17.9 Å². The molecule has 0 radical (unpaired) electrons. The Labute approximate surface area is 196 Å². The first kappa shape index (κ1) is 24.3. The molecular weight excluding hydrogens is 438 g/mol. The molecule has 176 valence electrons. The molecule has 0 bridgehead atoms. The van der Waals surface area contributed by atoms with E-state index in [0.717, 1.165) is 0 Å². The highest BCUT2D eigenvalue weighted by Gasteiger charge is 2.52. The molecule has 3 rings (SSSR count). The number of rotatable bonds is 10. The first-order valence-corrected chi connectivity index (χ1v) is 10.4. The van der Waals surface area contributed by atoms with Crippen molar-refractivity contribution in [1.82, 2.24) is 5.32 Å². The number of carbonyl (C=O) groups excluding carboxylic acids is 1. The topological polar surface area (TPSA) is 122 Å². The number of amides is 1. The van der Waals surface area contributed by atoms with Gasteiger partial charge < -0.3 is 25.0 Å². The number of hydrogen-bond donors (Lipinski definition) is 3. The van der Waals surface area contributed by atoms with Crippen molar-refractivity contribution in [2.75, 3.05) is 14.2 Å². The molecule has 3 aromatic rings. The van der Waals surface area contributed by atoms with E-state index >= 15 is 0 Å². The average molecular weight is 463 g/mol. The monoisotopic (exact) mass is 463 g/mol. The fourth-order valence-electron chi connectivity index (χ4n) is 4.10. The minimum Gasteiger partial charge on any atom is -0.496 e. The van der Waals surface area contributed by atoms with Crippen LogP contribution in [-0.4, -0.2) is 42.3 Å². The largest absolute Gasteiger partial charge is 0.496 e. The number of carboxylic acids is 2. The van der Waals surface area contributed by atoms with E-state index in [0.29, 0.717) is 11.3 Å². The number of methoxy groups -OCH3 is 2. The maximum atomic E-state index is 13.3. The zero-order valence-corrected chi connectivity index (χ0v) is 18.7. The fraction of sp³-hybridized carbons (Fsp3) is 0.192. The number of benzene rings is 3. The van der Waals surface area contributed by atoms with Gasteiger partial charge in [-0.2, -0.15) is 0 Å². The second kappa shape index (κ2) is 10.5. The minimum atomic E-state index is -2.22. The van der Waals surface area contributed by atoms with Crippen molar-refractivity contribution >= 4 is 17.8 Å². The van der Waals surface area contributed by atoms with E-state index in [1.54, 1.807) is 72.8 Å². The third-order valence-corrected chi connectivity index (χ3v) is 5.63. The normalized spacial score (nSPS) is 13.2. The number of nitrogens with one attached hydrogen (secondary N) is 1. The Morgan fingerprint density at radius 2 is 1.38 bits per heavy atom. The van der Waals surface area contributed by atoms with Crippen LogP contribution in [0.1, 0.15) is 33.8 Å². The van der Waals surface area contributed by atoms with Gasteiger partial charge in [0.2, 0.25) is 0 Å². The van der Waals surface area contributed by atoms with Crippen LogP contribution in [0.2, 0.25) is 0 Å². The minimum absolute atomic E-state index is 0.103. The maximum absolute atomic E-state index is 13.3. The van der Waals surface area contributed by atoms with Crippen LogP contribution in [0.3, 0.4) is 0 Å². The summed E-state index contributed by atoms with van der Waals surface area (Å²) >= 11 is 0. The number of para-hydroxylation sites is 2. The summed E-state index contributed by atoms with van der Waals surface area (Å²) in [5.41, 5.74) is -1.58. The third kappa shape index (κ3) is 4.71. The van der Waals surface area contributed by atoms with Crippen LogP contribution in [0.4, 0.5) is 0 Å². The van der Waals surface area contributed by atoms with Crippen LogP contribution in [0.5, 0.6) is 11.5 Å². The molecule has 0 aliphatic carbocycles. The van der Waals surface area contributed by atoms with Crippen LogP contribution < -0.4 is 14.8 Å². The summed E-state index contributed by atoms with van der Waals surface area (Å²) in [6.45, 7) is 0. The molecule has 3 aromatic carbocycles. The van der Waals surface area contributed by atoms with E-state index in [2.05, 4.69) is 5.32 Å². The van der Waals surface area contributed by atoms with Gasteiger partial charge in [0, 0.05) is 22.6 Å². The van der Waals surface area contributed by atoms with Gasteiger partial charge in [0.05, 0.1) is 20.6 Å². The highest BCUT2D eigenvalue weighted by Crippen LogP contribution is 2.46. The zero-order chi connectivity index (χ0) is 24.7. The Bertz CT molecular complexity index is 1180. The molecule has 0 spiro atoms. The predicted octanol–water partition coefficient (Wildman–Crippen LogP) is 3.67.